The minimum atomic E-state index is -4.58. The molecule has 3 amide bonds. The lowest BCUT2D eigenvalue weighted by Gasteiger charge is -2.18. The van der Waals surface area contributed by atoms with E-state index in [4.69, 9.17) is 11.6 Å². The van der Waals surface area contributed by atoms with E-state index < -0.39 is 40.2 Å². The Bertz CT molecular complexity index is 1610. The number of ether oxygens (including phenoxy) is 1. The zero-order chi connectivity index (χ0) is 29.5. The fourth-order valence-electron chi connectivity index (χ4n) is 4.43. The summed E-state index contributed by atoms with van der Waals surface area (Å²) in [4.78, 5) is 38.4. The van der Waals surface area contributed by atoms with Crippen LogP contribution in [-0.2, 0) is 33.4 Å². The van der Waals surface area contributed by atoms with Gasteiger partial charge in [0.05, 0.1) is 42.4 Å². The van der Waals surface area contributed by atoms with Crippen LogP contribution in [0.25, 0.3) is 17.0 Å². The molecule has 2 saturated heterocycles. The summed E-state index contributed by atoms with van der Waals surface area (Å²) in [5, 5.41) is 4.37. The maximum absolute atomic E-state index is 13.5. The standard InChI is InChI=1S/C25H21ClF3N5O5S2/c1-39-23(36)34-9-7-31(41(34)38)6-8-32-22(35)21(40-24(32)37)11-15-2-5-20-17(10-15)13-30-33(20)14-16-3-4-18(26)12-19(16)25(27,28)29/h2-5,10-13H,6-9,14H2,1H3/b21-11-. The number of fused-ring (bicyclic) bond motifs is 1. The second-order valence-corrected chi connectivity index (χ2v) is 11.8. The molecule has 0 N–H and O–H groups in total. The number of hydrogen-bond acceptors (Lipinski definition) is 7. The number of benzene rings is 2. The third kappa shape index (κ3) is 5.98. The van der Waals surface area contributed by atoms with Crippen molar-refractivity contribution in [2.45, 2.75) is 12.7 Å². The molecule has 1 aromatic heterocycles. The van der Waals surface area contributed by atoms with Crippen LogP contribution >= 0.6 is 23.4 Å². The third-order valence-electron chi connectivity index (χ3n) is 6.45. The van der Waals surface area contributed by atoms with Crippen LogP contribution in [0, 0.1) is 0 Å². The van der Waals surface area contributed by atoms with Gasteiger partial charge in [0.1, 0.15) is 0 Å². The first-order chi connectivity index (χ1) is 19.5. The van der Waals surface area contributed by atoms with Crippen molar-refractivity contribution in [2.24, 2.45) is 0 Å². The summed E-state index contributed by atoms with van der Waals surface area (Å²) in [6, 6.07) is 8.67. The van der Waals surface area contributed by atoms with Crippen LogP contribution in [0.5, 0.6) is 0 Å². The molecule has 41 heavy (non-hydrogen) atoms. The fraction of sp³-hybridized carbons (Fsp3) is 0.280. The summed E-state index contributed by atoms with van der Waals surface area (Å²) in [6.45, 7) is 0.465. The number of nitrogens with zero attached hydrogens (tertiary/aromatic N) is 5. The van der Waals surface area contributed by atoms with E-state index in [1.54, 1.807) is 24.3 Å². The van der Waals surface area contributed by atoms with Crippen molar-refractivity contribution in [3.05, 3.63) is 69.2 Å². The lowest BCUT2D eigenvalue weighted by molar-refractivity contribution is -0.138. The van der Waals surface area contributed by atoms with Gasteiger partial charge in [-0.25, -0.2) is 17.6 Å². The number of carbonyl (C=O) groups is 3. The lowest BCUT2D eigenvalue weighted by Crippen LogP contribution is -2.38. The highest BCUT2D eigenvalue weighted by molar-refractivity contribution is 8.18. The Balaban J connectivity index is 1.28. The molecular formula is C25H21ClF3N5O5S2. The van der Waals surface area contributed by atoms with Crippen molar-refractivity contribution in [3.8, 4) is 0 Å². The van der Waals surface area contributed by atoms with Gasteiger partial charge in [-0.05, 0) is 53.2 Å². The van der Waals surface area contributed by atoms with E-state index in [2.05, 4.69) is 9.84 Å². The summed E-state index contributed by atoms with van der Waals surface area (Å²) < 4.78 is 61.6. The van der Waals surface area contributed by atoms with E-state index in [-0.39, 0.29) is 41.7 Å². The molecule has 3 heterocycles. The molecule has 16 heteroatoms. The summed E-state index contributed by atoms with van der Waals surface area (Å²) in [5.41, 5.74) is 0.357. The van der Waals surface area contributed by atoms with Crippen LogP contribution in [0.15, 0.2) is 47.5 Å². The number of imide groups is 1. The van der Waals surface area contributed by atoms with Gasteiger partial charge < -0.3 is 4.74 Å². The number of alkyl halides is 3. The van der Waals surface area contributed by atoms with Crippen LogP contribution < -0.4 is 0 Å². The molecule has 0 radical (unpaired) electrons. The van der Waals surface area contributed by atoms with Crippen molar-refractivity contribution >= 4 is 68.8 Å². The summed E-state index contributed by atoms with van der Waals surface area (Å²) in [7, 11) is 1.19. The van der Waals surface area contributed by atoms with Gasteiger partial charge in [0.25, 0.3) is 11.1 Å². The van der Waals surface area contributed by atoms with Gasteiger partial charge in [0, 0.05) is 30.0 Å². The molecule has 0 aliphatic carbocycles. The highest BCUT2D eigenvalue weighted by atomic mass is 35.5. The second kappa shape index (κ2) is 11.5. The predicted octanol–water partition coefficient (Wildman–Crippen LogP) is 4.76. The molecule has 2 aliphatic heterocycles. The van der Waals surface area contributed by atoms with E-state index in [1.807, 2.05) is 0 Å². The minimum Gasteiger partial charge on any atom is -0.452 e. The number of carbonyl (C=O) groups excluding carboxylic acids is 3. The normalized spacial score (nSPS) is 19.2. The highest BCUT2D eigenvalue weighted by Crippen LogP contribution is 2.35. The highest BCUT2D eigenvalue weighted by Gasteiger charge is 2.38. The molecule has 2 fully saturated rings. The molecule has 0 saturated carbocycles. The van der Waals surface area contributed by atoms with E-state index in [1.165, 1.54) is 34.4 Å². The predicted molar refractivity (Wildman–Crippen MR) is 147 cm³/mol. The number of methoxy groups -OCH3 is 1. The van der Waals surface area contributed by atoms with E-state index in [0.717, 1.165) is 27.0 Å². The SMILES string of the molecule is COC(=O)N1CCN(CCN2C(=O)S/C(=C\c3ccc4c(cnn4Cc4ccc(Cl)cc4C(F)(F)F)c3)C2=O)S1=O. The lowest BCUT2D eigenvalue weighted by atomic mass is 10.1. The van der Waals surface area contributed by atoms with Gasteiger partial charge in [-0.2, -0.15) is 18.3 Å². The first-order valence-corrected chi connectivity index (χ1v) is 14.3. The van der Waals surface area contributed by atoms with Crippen LogP contribution in [-0.4, -0.2) is 78.0 Å². The molecule has 0 bridgehead atoms. The number of rotatable bonds is 6. The van der Waals surface area contributed by atoms with Crippen LogP contribution in [0.3, 0.4) is 0 Å². The van der Waals surface area contributed by atoms with Crippen molar-refractivity contribution in [3.63, 3.8) is 0 Å². The first kappa shape index (κ1) is 29.1. The number of aromatic nitrogens is 2. The average Bonchev–Trinajstić information content (AvgIpc) is 3.58. The number of amides is 3. The quantitative estimate of drug-likeness (QED) is 0.363. The molecule has 2 aliphatic rings. The molecule has 1 unspecified atom stereocenters. The van der Waals surface area contributed by atoms with Crippen molar-refractivity contribution < 1.29 is 36.5 Å². The molecule has 1 atom stereocenters. The molecule has 216 valence electrons. The first-order valence-electron chi connectivity index (χ1n) is 12.1. The topological polar surface area (TPSA) is 105 Å². The van der Waals surface area contributed by atoms with E-state index in [0.29, 0.717) is 23.0 Å². The molecule has 0 spiro atoms. The minimum absolute atomic E-state index is 0.0143. The summed E-state index contributed by atoms with van der Waals surface area (Å²) >= 11 is 4.78. The van der Waals surface area contributed by atoms with Crippen molar-refractivity contribution in [1.82, 2.24) is 23.3 Å². The van der Waals surface area contributed by atoms with Crippen molar-refractivity contribution in [1.29, 1.82) is 0 Å². The third-order valence-corrected chi connectivity index (χ3v) is 9.11. The number of halogens is 4. The van der Waals surface area contributed by atoms with E-state index >= 15 is 0 Å². The summed E-state index contributed by atoms with van der Waals surface area (Å²) in [5.74, 6) is -0.506. The van der Waals surface area contributed by atoms with Crippen LogP contribution in [0.2, 0.25) is 5.02 Å². The zero-order valence-corrected chi connectivity index (χ0v) is 23.6. The maximum Gasteiger partial charge on any atom is 0.422 e. The van der Waals surface area contributed by atoms with Crippen LogP contribution in [0.1, 0.15) is 16.7 Å². The second-order valence-electron chi connectivity index (χ2n) is 8.98. The largest absolute Gasteiger partial charge is 0.452 e. The average molecular weight is 628 g/mol. The number of hydrogen-bond donors (Lipinski definition) is 0. The molecule has 10 nitrogen and oxygen atoms in total. The summed E-state index contributed by atoms with van der Waals surface area (Å²) in [6.07, 6.45) is -2.24. The Morgan fingerprint density at radius 3 is 2.68 bits per heavy atom. The van der Waals surface area contributed by atoms with Gasteiger partial charge in [-0.3, -0.25) is 19.2 Å². The Kier molecular flexibility index (Phi) is 8.14. The van der Waals surface area contributed by atoms with Crippen LogP contribution in [0.4, 0.5) is 22.8 Å². The Morgan fingerprint density at radius 2 is 1.95 bits per heavy atom. The Hall–Kier alpha value is -3.40. The van der Waals surface area contributed by atoms with Crippen molar-refractivity contribution in [2.75, 3.05) is 33.3 Å². The van der Waals surface area contributed by atoms with Gasteiger partial charge in [-0.1, -0.05) is 23.7 Å². The van der Waals surface area contributed by atoms with E-state index in [9.17, 15) is 31.8 Å². The van der Waals surface area contributed by atoms with Gasteiger partial charge in [-0.15, -0.1) is 0 Å². The van der Waals surface area contributed by atoms with Gasteiger partial charge >= 0.3 is 12.3 Å². The molecular weight excluding hydrogens is 607 g/mol. The maximum atomic E-state index is 13.5. The smallest absolute Gasteiger partial charge is 0.422 e. The Morgan fingerprint density at radius 1 is 1.17 bits per heavy atom. The zero-order valence-electron chi connectivity index (χ0n) is 21.3. The monoisotopic (exact) mass is 627 g/mol. The van der Waals surface area contributed by atoms with Gasteiger partial charge in [0.2, 0.25) is 11.2 Å². The molecule has 5 rings (SSSR count). The fourth-order valence-corrected chi connectivity index (χ4v) is 6.66. The molecule has 2 aromatic carbocycles. The molecule has 3 aromatic rings. The number of thioether (sulfide) groups is 1. The van der Waals surface area contributed by atoms with Gasteiger partial charge in [0.15, 0.2) is 0 Å². The Labute approximate surface area is 243 Å².